The minimum Gasteiger partial charge on any atom is -0.270 e. The summed E-state index contributed by atoms with van der Waals surface area (Å²) in [4.78, 5) is 0. The van der Waals surface area contributed by atoms with Crippen LogP contribution in [0.3, 0.4) is 0 Å². The van der Waals surface area contributed by atoms with Crippen LogP contribution in [0.4, 0.5) is 0 Å². The molecule has 0 fully saturated rings. The summed E-state index contributed by atoms with van der Waals surface area (Å²) in [6, 6.07) is 0. The minimum absolute atomic E-state index is 0. The van der Waals surface area contributed by atoms with Crippen molar-refractivity contribution in [2.75, 3.05) is 0 Å². The molecule has 0 spiro atoms. The Hall–Kier alpha value is -1.03. The van der Waals surface area contributed by atoms with Gasteiger partial charge >= 0.3 is 17.4 Å². The maximum absolute atomic E-state index is 3.12. The summed E-state index contributed by atoms with van der Waals surface area (Å²) in [6.07, 6.45) is 25.0. The van der Waals surface area contributed by atoms with Gasteiger partial charge in [-0.05, 0) is 0 Å². The van der Waals surface area contributed by atoms with Crippen molar-refractivity contribution < 1.29 is 17.4 Å². The van der Waals surface area contributed by atoms with Crippen LogP contribution in [-0.2, 0) is 17.4 Å². The molecule has 1 heteroatoms. The third kappa shape index (κ3) is 9.54. The van der Waals surface area contributed by atoms with Crippen LogP contribution in [0.25, 0.3) is 0 Å². The monoisotopic (exact) mass is 289 g/mol. The predicted octanol–water partition coefficient (Wildman–Crippen LogP) is 5.08. The zero-order valence-electron chi connectivity index (χ0n) is 12.0. The summed E-state index contributed by atoms with van der Waals surface area (Å²) >= 11 is 0. The van der Waals surface area contributed by atoms with Crippen LogP contribution in [0, 0.1) is 18.2 Å². The van der Waals surface area contributed by atoms with Gasteiger partial charge in [-0.3, -0.25) is 18.2 Å². The van der Waals surface area contributed by atoms with Crippen molar-refractivity contribution in [3.05, 3.63) is 71.4 Å². The van der Waals surface area contributed by atoms with E-state index in [0.29, 0.717) is 0 Å². The third-order valence-electron chi connectivity index (χ3n) is 2.60. The summed E-state index contributed by atoms with van der Waals surface area (Å²) in [5, 5.41) is 0. The molecule has 0 atom stereocenters. The van der Waals surface area contributed by atoms with E-state index in [1.165, 1.54) is 16.7 Å². The van der Waals surface area contributed by atoms with Crippen LogP contribution in [0.5, 0.6) is 0 Å². The zero-order valence-corrected chi connectivity index (χ0v) is 13.3. The molecule has 0 heterocycles. The van der Waals surface area contributed by atoms with Gasteiger partial charge in [-0.15, -0.1) is 19.3 Å². The molecule has 1 radical (unpaired) electrons. The standard InChI is InChI=1S/3C6H7.Cr/c3*1-6-4-2-3-5-6;/h3*2,4H,3H2,1H3;/q3*-1;+3. The van der Waals surface area contributed by atoms with Crippen LogP contribution in [0.15, 0.2) is 53.2 Å². The van der Waals surface area contributed by atoms with Gasteiger partial charge in [0.15, 0.2) is 0 Å². The Labute approximate surface area is 129 Å². The Morgan fingerprint density at radius 3 is 0.947 bits per heavy atom. The van der Waals surface area contributed by atoms with E-state index in [1.807, 2.05) is 0 Å². The molecule has 0 amide bonds. The van der Waals surface area contributed by atoms with Gasteiger partial charge < -0.3 is 0 Å². The van der Waals surface area contributed by atoms with E-state index in [0.717, 1.165) is 19.3 Å². The van der Waals surface area contributed by atoms with Crippen molar-refractivity contribution >= 4 is 0 Å². The van der Waals surface area contributed by atoms with Gasteiger partial charge in [0.1, 0.15) is 0 Å². The van der Waals surface area contributed by atoms with E-state index >= 15 is 0 Å². The minimum atomic E-state index is 0. The van der Waals surface area contributed by atoms with Crippen molar-refractivity contribution in [2.24, 2.45) is 0 Å². The smallest absolute Gasteiger partial charge is 0.270 e. The molecular formula is C18H21Cr. The summed E-state index contributed by atoms with van der Waals surface area (Å²) in [7, 11) is 0. The van der Waals surface area contributed by atoms with E-state index in [1.54, 1.807) is 0 Å². The number of allylic oxidation sites excluding steroid dienone is 12. The summed E-state index contributed by atoms with van der Waals surface area (Å²) in [6.45, 7) is 6.18. The topological polar surface area (TPSA) is 0 Å². The molecule has 3 aliphatic carbocycles. The van der Waals surface area contributed by atoms with Gasteiger partial charge in [-0.1, -0.05) is 20.8 Å². The van der Waals surface area contributed by atoms with Crippen molar-refractivity contribution in [1.82, 2.24) is 0 Å². The second-order valence-electron chi connectivity index (χ2n) is 4.40. The summed E-state index contributed by atoms with van der Waals surface area (Å²) in [5.74, 6) is 0. The molecule has 0 nitrogen and oxygen atoms in total. The molecule has 0 aliphatic heterocycles. The molecular weight excluding hydrogens is 268 g/mol. The quantitative estimate of drug-likeness (QED) is 0.545. The fraction of sp³-hybridized carbons (Fsp3) is 0.333. The number of hydrogen-bond donors (Lipinski definition) is 0. The molecule has 3 rings (SSSR count). The molecule has 0 aromatic rings. The maximum atomic E-state index is 3.12. The molecule has 0 aromatic heterocycles. The second-order valence-corrected chi connectivity index (χ2v) is 4.40. The Morgan fingerprint density at radius 2 is 0.895 bits per heavy atom. The molecule has 0 saturated heterocycles. The van der Waals surface area contributed by atoms with E-state index in [-0.39, 0.29) is 17.4 Å². The van der Waals surface area contributed by atoms with Crippen LogP contribution >= 0.6 is 0 Å². The fourth-order valence-corrected chi connectivity index (χ4v) is 1.54. The normalized spacial score (nSPS) is 17.5. The van der Waals surface area contributed by atoms with Gasteiger partial charge in [0, 0.05) is 0 Å². The van der Waals surface area contributed by atoms with E-state index in [9.17, 15) is 0 Å². The fourth-order valence-electron chi connectivity index (χ4n) is 1.54. The Balaban J connectivity index is 0.000000249. The Morgan fingerprint density at radius 1 is 0.632 bits per heavy atom. The number of rotatable bonds is 0. The molecule has 0 saturated carbocycles. The summed E-state index contributed by atoms with van der Waals surface area (Å²) in [5.41, 5.74) is 3.82. The molecule has 0 bridgehead atoms. The molecule has 99 valence electrons. The van der Waals surface area contributed by atoms with Crippen molar-refractivity contribution in [1.29, 1.82) is 0 Å². The first-order valence-corrected chi connectivity index (χ1v) is 6.40. The molecule has 0 N–H and O–H groups in total. The van der Waals surface area contributed by atoms with Gasteiger partial charge in [0.05, 0.1) is 0 Å². The van der Waals surface area contributed by atoms with Crippen molar-refractivity contribution in [3.63, 3.8) is 0 Å². The zero-order chi connectivity index (χ0) is 13.2. The average Bonchev–Trinajstić information content (AvgIpc) is 3.05. The van der Waals surface area contributed by atoms with Crippen LogP contribution in [0.2, 0.25) is 0 Å². The Bertz CT molecular complexity index is 354. The first-order valence-electron chi connectivity index (χ1n) is 6.40. The number of hydrogen-bond acceptors (Lipinski definition) is 0. The van der Waals surface area contributed by atoms with E-state index < -0.39 is 0 Å². The van der Waals surface area contributed by atoms with Crippen molar-refractivity contribution in [2.45, 2.75) is 40.0 Å². The van der Waals surface area contributed by atoms with Gasteiger partial charge in [0.2, 0.25) is 0 Å². The second kappa shape index (κ2) is 10.9. The maximum Gasteiger partial charge on any atom is 3.00 e. The summed E-state index contributed by atoms with van der Waals surface area (Å²) < 4.78 is 0. The molecule has 0 aromatic carbocycles. The van der Waals surface area contributed by atoms with Crippen LogP contribution in [-0.4, -0.2) is 0 Å². The molecule has 19 heavy (non-hydrogen) atoms. The predicted molar refractivity (Wildman–Crippen MR) is 78.6 cm³/mol. The van der Waals surface area contributed by atoms with Crippen LogP contribution in [0.1, 0.15) is 40.0 Å². The largest absolute Gasteiger partial charge is 3.00 e. The molecule has 0 unspecified atom stereocenters. The van der Waals surface area contributed by atoms with Gasteiger partial charge in [0.25, 0.3) is 0 Å². The van der Waals surface area contributed by atoms with Gasteiger partial charge in [-0.2, -0.15) is 18.2 Å². The van der Waals surface area contributed by atoms with E-state index in [4.69, 9.17) is 0 Å². The molecule has 3 aliphatic rings. The first kappa shape index (κ1) is 18.0. The average molecular weight is 289 g/mol. The van der Waals surface area contributed by atoms with Crippen molar-refractivity contribution in [3.8, 4) is 0 Å². The first-order chi connectivity index (χ1) is 8.68. The van der Waals surface area contributed by atoms with Crippen LogP contribution < -0.4 is 0 Å². The van der Waals surface area contributed by atoms with E-state index in [2.05, 4.69) is 75.5 Å². The SMILES string of the molecule is CC1=[C-]CC=C1.CC1=[C-]CC=C1.CC1=[C-]CC=C1.[Cr+3]. The Kier molecular flexibility index (Phi) is 10.3. The van der Waals surface area contributed by atoms with Gasteiger partial charge in [-0.25, -0.2) is 34.9 Å². The third-order valence-corrected chi connectivity index (χ3v) is 2.60.